The van der Waals surface area contributed by atoms with Gasteiger partial charge in [-0.15, -0.1) is 0 Å². The van der Waals surface area contributed by atoms with Crippen molar-refractivity contribution in [2.24, 2.45) is 0 Å². The Kier molecular flexibility index (Phi) is 6.27. The first-order valence-corrected chi connectivity index (χ1v) is 7.08. The lowest BCUT2D eigenvalue weighted by atomic mass is 9.98. The van der Waals surface area contributed by atoms with Crippen LogP contribution < -0.4 is 0 Å². The van der Waals surface area contributed by atoms with Crippen molar-refractivity contribution in [2.75, 3.05) is 13.2 Å². The predicted molar refractivity (Wildman–Crippen MR) is 68.6 cm³/mol. The molecule has 8 N–H and O–H groups in total. The zero-order chi connectivity index (χ0) is 17.3. The summed E-state index contributed by atoms with van der Waals surface area (Å²) in [5.74, 6) is 0. The first-order chi connectivity index (χ1) is 10.8. The molecule has 0 saturated carbocycles. The highest BCUT2D eigenvalue weighted by atomic mass is 16.8. The Hall–Kier alpha value is -0.440. The van der Waals surface area contributed by atoms with Crippen LogP contribution in [-0.4, -0.2) is 115 Å². The van der Waals surface area contributed by atoms with Gasteiger partial charge in [-0.1, -0.05) is 0 Å². The predicted octanol–water partition coefficient (Wildman–Crippen LogP) is -5.40. The maximum absolute atomic E-state index is 9.84. The van der Waals surface area contributed by atoms with E-state index in [-0.39, 0.29) is 0 Å². The van der Waals surface area contributed by atoms with Gasteiger partial charge in [-0.25, -0.2) is 0 Å². The van der Waals surface area contributed by atoms with Crippen molar-refractivity contribution < 1.29 is 55.1 Å². The van der Waals surface area contributed by atoms with E-state index < -0.39 is 74.6 Å². The summed E-state index contributed by atoms with van der Waals surface area (Å²) in [4.78, 5) is 0. The van der Waals surface area contributed by atoms with Crippen LogP contribution in [0.3, 0.4) is 0 Å². The van der Waals surface area contributed by atoms with Gasteiger partial charge in [0.2, 0.25) is 0 Å². The fourth-order valence-electron chi connectivity index (χ4n) is 2.49. The van der Waals surface area contributed by atoms with Gasteiger partial charge in [0.05, 0.1) is 13.2 Å². The minimum atomic E-state index is -1.72. The smallest absolute Gasteiger partial charge is 0.189 e. The summed E-state index contributed by atoms with van der Waals surface area (Å²) >= 11 is 0. The summed E-state index contributed by atoms with van der Waals surface area (Å²) < 4.78 is 15.3. The Morgan fingerprint density at radius 2 is 0.913 bits per heavy atom. The highest BCUT2D eigenvalue weighted by Gasteiger charge is 2.49. The molecule has 2 rings (SSSR count). The molecule has 2 fully saturated rings. The number of ether oxygens (including phenoxy) is 3. The summed E-state index contributed by atoms with van der Waals surface area (Å²) in [6.45, 7) is -1.33. The molecule has 0 aromatic carbocycles. The number of aliphatic hydroxyl groups is 8. The van der Waals surface area contributed by atoms with Crippen LogP contribution in [0.2, 0.25) is 0 Å². The summed E-state index contributed by atoms with van der Waals surface area (Å²) in [5.41, 5.74) is 0. The van der Waals surface area contributed by atoms with E-state index in [1.807, 2.05) is 0 Å². The van der Waals surface area contributed by atoms with Gasteiger partial charge in [0, 0.05) is 0 Å². The van der Waals surface area contributed by atoms with E-state index in [1.54, 1.807) is 0 Å². The zero-order valence-corrected chi connectivity index (χ0v) is 12.0. The molecule has 136 valence electrons. The largest absolute Gasteiger partial charge is 0.394 e. The van der Waals surface area contributed by atoms with Gasteiger partial charge >= 0.3 is 0 Å². The molecule has 0 radical (unpaired) electrons. The van der Waals surface area contributed by atoms with Crippen molar-refractivity contribution in [1.29, 1.82) is 0 Å². The van der Waals surface area contributed by atoms with Crippen LogP contribution in [0.4, 0.5) is 0 Å². The van der Waals surface area contributed by atoms with E-state index in [0.717, 1.165) is 0 Å². The molecule has 0 bridgehead atoms. The molecule has 2 aliphatic heterocycles. The molecule has 0 amide bonds. The van der Waals surface area contributed by atoms with Crippen molar-refractivity contribution in [3.63, 3.8) is 0 Å². The lowest BCUT2D eigenvalue weighted by Gasteiger charge is -2.44. The van der Waals surface area contributed by atoms with Crippen molar-refractivity contribution in [1.82, 2.24) is 0 Å². The van der Waals surface area contributed by atoms with Crippen LogP contribution in [0.1, 0.15) is 0 Å². The van der Waals surface area contributed by atoms with Crippen LogP contribution in [0, 0.1) is 0 Å². The van der Waals surface area contributed by atoms with Gasteiger partial charge in [0.25, 0.3) is 0 Å². The molecule has 0 aromatic heterocycles. The Bertz CT molecular complexity index is 344. The standard InChI is InChI=1S/C12H22O11/c13-1-3-5(15)7(17)9(19)11(21-3)23-12-10(20)8(18)6(16)4(2-14)22-12/h3-20H,1-2H2/t3-,4-,5-,6+,7-,8+,9-,10+,11-,12+/m0/s1. The van der Waals surface area contributed by atoms with E-state index >= 15 is 0 Å². The lowest BCUT2D eigenvalue weighted by molar-refractivity contribution is -0.376. The van der Waals surface area contributed by atoms with Crippen LogP contribution in [0.25, 0.3) is 0 Å². The van der Waals surface area contributed by atoms with Crippen LogP contribution in [-0.2, 0) is 14.2 Å². The highest BCUT2D eigenvalue weighted by Crippen LogP contribution is 2.27. The average molecular weight is 342 g/mol. The second-order valence-corrected chi connectivity index (χ2v) is 5.53. The molecule has 23 heavy (non-hydrogen) atoms. The first kappa shape index (κ1) is 18.9. The van der Waals surface area contributed by atoms with Gasteiger partial charge in [-0.3, -0.25) is 0 Å². The zero-order valence-electron chi connectivity index (χ0n) is 12.0. The van der Waals surface area contributed by atoms with Gasteiger partial charge in [0.1, 0.15) is 48.8 Å². The Morgan fingerprint density at radius 3 is 1.22 bits per heavy atom. The molecule has 0 spiro atoms. The average Bonchev–Trinajstić information content (AvgIpc) is 2.55. The van der Waals surface area contributed by atoms with E-state index in [2.05, 4.69) is 0 Å². The minimum absolute atomic E-state index is 0.667. The summed E-state index contributed by atoms with van der Waals surface area (Å²) in [5, 5.41) is 76.4. The van der Waals surface area contributed by atoms with Crippen LogP contribution in [0.15, 0.2) is 0 Å². The number of hydrogen-bond acceptors (Lipinski definition) is 11. The molecule has 0 unspecified atom stereocenters. The van der Waals surface area contributed by atoms with E-state index in [0.29, 0.717) is 0 Å². The van der Waals surface area contributed by atoms with E-state index in [4.69, 9.17) is 24.4 Å². The molecule has 2 heterocycles. The van der Waals surface area contributed by atoms with Crippen LogP contribution in [0.5, 0.6) is 0 Å². The summed E-state index contributed by atoms with van der Waals surface area (Å²) in [7, 11) is 0. The fraction of sp³-hybridized carbons (Fsp3) is 1.00. The Labute approximate surface area is 130 Å². The van der Waals surface area contributed by atoms with Crippen molar-refractivity contribution in [3.8, 4) is 0 Å². The second kappa shape index (κ2) is 7.63. The van der Waals surface area contributed by atoms with Crippen molar-refractivity contribution >= 4 is 0 Å². The van der Waals surface area contributed by atoms with E-state index in [9.17, 15) is 30.6 Å². The quantitative estimate of drug-likeness (QED) is 0.243. The first-order valence-electron chi connectivity index (χ1n) is 7.08. The van der Waals surface area contributed by atoms with Gasteiger partial charge < -0.3 is 55.1 Å². The third-order valence-electron chi connectivity index (χ3n) is 3.97. The van der Waals surface area contributed by atoms with E-state index in [1.165, 1.54) is 0 Å². The molecule has 0 aromatic rings. The topological polar surface area (TPSA) is 190 Å². The van der Waals surface area contributed by atoms with Crippen molar-refractivity contribution in [3.05, 3.63) is 0 Å². The Morgan fingerprint density at radius 1 is 0.565 bits per heavy atom. The fourth-order valence-corrected chi connectivity index (χ4v) is 2.49. The molecule has 0 aliphatic carbocycles. The van der Waals surface area contributed by atoms with Crippen LogP contribution >= 0.6 is 0 Å². The monoisotopic (exact) mass is 342 g/mol. The number of hydrogen-bond donors (Lipinski definition) is 8. The maximum Gasteiger partial charge on any atom is 0.189 e. The molecular weight excluding hydrogens is 320 g/mol. The van der Waals surface area contributed by atoms with Crippen molar-refractivity contribution in [2.45, 2.75) is 61.4 Å². The number of aliphatic hydroxyl groups excluding tert-OH is 8. The molecule has 2 aliphatic rings. The second-order valence-electron chi connectivity index (χ2n) is 5.53. The van der Waals surface area contributed by atoms with Gasteiger partial charge in [0.15, 0.2) is 12.6 Å². The molecule has 2 saturated heterocycles. The summed E-state index contributed by atoms with van der Waals surface area (Å²) in [6, 6.07) is 0. The maximum atomic E-state index is 9.84. The molecule has 10 atom stereocenters. The Balaban J connectivity index is 2.07. The lowest BCUT2D eigenvalue weighted by Crippen LogP contribution is -2.63. The minimum Gasteiger partial charge on any atom is -0.394 e. The summed E-state index contributed by atoms with van der Waals surface area (Å²) in [6.07, 6.45) is -15.6. The molecule has 11 heteroatoms. The molecular formula is C12H22O11. The highest BCUT2D eigenvalue weighted by molar-refractivity contribution is 4.92. The van der Waals surface area contributed by atoms with Gasteiger partial charge in [-0.2, -0.15) is 0 Å². The third-order valence-corrected chi connectivity index (χ3v) is 3.97. The molecule has 11 nitrogen and oxygen atoms in total. The number of rotatable bonds is 4. The normalized spacial score (nSPS) is 51.7. The third kappa shape index (κ3) is 3.65. The van der Waals surface area contributed by atoms with Gasteiger partial charge in [-0.05, 0) is 0 Å². The SMILES string of the molecule is OC[C@@H]1O[C@@H](O[C@H]2O[C@@H](CO)[C@@H](O)[C@@H](O)[C@H]2O)[C@@H](O)[C@@H](O)[C@H]1O.